The summed E-state index contributed by atoms with van der Waals surface area (Å²) >= 11 is 0. The van der Waals surface area contributed by atoms with Gasteiger partial charge in [0.05, 0.1) is 4.92 Å². The minimum Gasteiger partial charge on any atom is -0.368 e. The molecule has 3 N–H and O–H groups in total. The van der Waals surface area contributed by atoms with E-state index in [0.717, 1.165) is 6.07 Å². The fraction of sp³-hybridized carbons (Fsp3) is 0.167. The zero-order chi connectivity index (χ0) is 14.4. The van der Waals surface area contributed by atoms with Crippen LogP contribution in [0.3, 0.4) is 0 Å². The molecular formula is C12H11N3O4. The number of nitro groups is 1. The van der Waals surface area contributed by atoms with Crippen LogP contribution < -0.4 is 11.1 Å². The highest BCUT2D eigenvalue weighted by Crippen LogP contribution is 2.13. The SMILES string of the molecule is C#CC[C@H](NC(=O)c1cccc([N+](=O)[O-])c1)C(N)=O. The highest BCUT2D eigenvalue weighted by atomic mass is 16.6. The van der Waals surface area contributed by atoms with E-state index < -0.39 is 22.8 Å². The van der Waals surface area contributed by atoms with Crippen molar-refractivity contribution in [2.75, 3.05) is 0 Å². The first-order chi connectivity index (χ1) is 8.95. The maximum absolute atomic E-state index is 11.8. The van der Waals surface area contributed by atoms with E-state index in [1.165, 1.54) is 18.2 Å². The van der Waals surface area contributed by atoms with Crippen LogP contribution in [0.25, 0.3) is 0 Å². The van der Waals surface area contributed by atoms with Gasteiger partial charge in [-0.1, -0.05) is 6.07 Å². The Kier molecular flexibility index (Phi) is 4.60. The monoisotopic (exact) mass is 261 g/mol. The third-order valence-electron chi connectivity index (χ3n) is 2.29. The number of carbonyl (C=O) groups excluding carboxylic acids is 2. The number of nitrogens with zero attached hydrogens (tertiary/aromatic N) is 1. The number of nitrogens with two attached hydrogens (primary N) is 1. The Morgan fingerprint density at radius 2 is 2.21 bits per heavy atom. The van der Waals surface area contributed by atoms with Crippen LogP contribution in [0.4, 0.5) is 5.69 Å². The molecule has 0 aliphatic carbocycles. The molecule has 0 aliphatic rings. The van der Waals surface area contributed by atoms with Crippen LogP contribution in [0.2, 0.25) is 0 Å². The molecule has 2 amide bonds. The molecule has 0 spiro atoms. The number of amides is 2. The van der Waals surface area contributed by atoms with Gasteiger partial charge in [-0.25, -0.2) is 0 Å². The molecule has 1 atom stereocenters. The summed E-state index contributed by atoms with van der Waals surface area (Å²) in [5.41, 5.74) is 4.90. The molecule has 0 aliphatic heterocycles. The minimum atomic E-state index is -1.00. The molecule has 1 aromatic carbocycles. The first kappa shape index (κ1) is 14.2. The molecule has 0 bridgehead atoms. The Balaban J connectivity index is 2.89. The summed E-state index contributed by atoms with van der Waals surface area (Å²) in [6.07, 6.45) is 5.00. The lowest BCUT2D eigenvalue weighted by molar-refractivity contribution is -0.384. The van der Waals surface area contributed by atoms with E-state index in [1.807, 2.05) is 0 Å². The standard InChI is InChI=1S/C12H11N3O4/c1-2-4-10(11(13)16)14-12(17)8-5-3-6-9(7-8)15(18)19/h1,3,5-7,10H,4H2,(H2,13,16)(H,14,17)/t10-/m0/s1. The van der Waals surface area contributed by atoms with Crippen LogP contribution in [0.5, 0.6) is 0 Å². The van der Waals surface area contributed by atoms with Crippen molar-refractivity contribution in [2.24, 2.45) is 5.73 Å². The largest absolute Gasteiger partial charge is 0.368 e. The predicted molar refractivity (Wildman–Crippen MR) is 67.0 cm³/mol. The molecule has 0 heterocycles. The molecule has 19 heavy (non-hydrogen) atoms. The van der Waals surface area contributed by atoms with Gasteiger partial charge in [0, 0.05) is 24.1 Å². The number of primary amides is 1. The molecule has 0 fully saturated rings. The molecule has 0 saturated heterocycles. The number of non-ortho nitro benzene ring substituents is 1. The number of benzene rings is 1. The molecule has 0 unspecified atom stereocenters. The third-order valence-corrected chi connectivity index (χ3v) is 2.29. The average molecular weight is 261 g/mol. The summed E-state index contributed by atoms with van der Waals surface area (Å²) in [6, 6.07) is 4.10. The molecule has 0 saturated carbocycles. The predicted octanol–water partition coefficient (Wildman–Crippen LogP) is 0.202. The third kappa shape index (κ3) is 3.81. The number of rotatable bonds is 5. The average Bonchev–Trinajstić information content (AvgIpc) is 2.38. The zero-order valence-electron chi connectivity index (χ0n) is 9.83. The van der Waals surface area contributed by atoms with Gasteiger partial charge in [-0.2, -0.15) is 0 Å². The number of terminal acetylenes is 1. The van der Waals surface area contributed by atoms with Crippen molar-refractivity contribution in [3.05, 3.63) is 39.9 Å². The van der Waals surface area contributed by atoms with E-state index in [0.29, 0.717) is 0 Å². The number of nitro benzene ring substituents is 1. The van der Waals surface area contributed by atoms with Gasteiger partial charge in [0.1, 0.15) is 6.04 Å². The Labute approximate surface area is 108 Å². The number of hydrogen-bond donors (Lipinski definition) is 2. The molecule has 1 rings (SSSR count). The fourth-order valence-electron chi connectivity index (χ4n) is 1.34. The van der Waals surface area contributed by atoms with Crippen molar-refractivity contribution >= 4 is 17.5 Å². The van der Waals surface area contributed by atoms with Gasteiger partial charge in [0.15, 0.2) is 0 Å². The second-order valence-electron chi connectivity index (χ2n) is 3.64. The molecule has 7 nitrogen and oxygen atoms in total. The summed E-state index contributed by atoms with van der Waals surface area (Å²) < 4.78 is 0. The molecule has 7 heteroatoms. The molecule has 98 valence electrons. The van der Waals surface area contributed by atoms with Crippen LogP contribution in [-0.4, -0.2) is 22.8 Å². The number of hydrogen-bond acceptors (Lipinski definition) is 4. The molecule has 1 aromatic rings. The Hall–Kier alpha value is -2.88. The molecule has 0 radical (unpaired) electrons. The summed E-state index contributed by atoms with van der Waals surface area (Å²) in [5.74, 6) is 0.795. The van der Waals surface area contributed by atoms with Gasteiger partial charge in [-0.15, -0.1) is 12.3 Å². The van der Waals surface area contributed by atoms with Crippen molar-refractivity contribution in [2.45, 2.75) is 12.5 Å². The zero-order valence-corrected chi connectivity index (χ0v) is 9.83. The summed E-state index contributed by atoms with van der Waals surface area (Å²) in [7, 11) is 0. The highest BCUT2D eigenvalue weighted by Gasteiger charge is 2.19. The van der Waals surface area contributed by atoms with Gasteiger partial charge >= 0.3 is 0 Å². The van der Waals surface area contributed by atoms with Crippen LogP contribution in [0, 0.1) is 22.5 Å². The first-order valence-corrected chi connectivity index (χ1v) is 5.23. The fourth-order valence-corrected chi connectivity index (χ4v) is 1.34. The maximum atomic E-state index is 11.8. The summed E-state index contributed by atoms with van der Waals surface area (Å²) in [4.78, 5) is 32.8. The van der Waals surface area contributed by atoms with Gasteiger partial charge < -0.3 is 11.1 Å². The molecule has 0 aromatic heterocycles. The smallest absolute Gasteiger partial charge is 0.270 e. The normalized spacial score (nSPS) is 11.1. The van der Waals surface area contributed by atoms with Crippen molar-refractivity contribution in [3.8, 4) is 12.3 Å². The van der Waals surface area contributed by atoms with Crippen molar-refractivity contribution in [3.63, 3.8) is 0 Å². The van der Waals surface area contributed by atoms with Crippen molar-refractivity contribution < 1.29 is 14.5 Å². The van der Waals surface area contributed by atoms with Crippen molar-refractivity contribution in [1.29, 1.82) is 0 Å². The Morgan fingerprint density at radius 3 is 2.74 bits per heavy atom. The Morgan fingerprint density at radius 1 is 1.53 bits per heavy atom. The van der Waals surface area contributed by atoms with E-state index in [2.05, 4.69) is 11.2 Å². The lowest BCUT2D eigenvalue weighted by atomic mass is 10.1. The first-order valence-electron chi connectivity index (χ1n) is 5.23. The second kappa shape index (κ2) is 6.16. The summed E-state index contributed by atoms with van der Waals surface area (Å²) in [5, 5.41) is 12.9. The van der Waals surface area contributed by atoms with Gasteiger partial charge in [0.25, 0.3) is 11.6 Å². The van der Waals surface area contributed by atoms with E-state index in [1.54, 1.807) is 0 Å². The van der Waals surface area contributed by atoms with Gasteiger partial charge in [-0.3, -0.25) is 19.7 Å². The van der Waals surface area contributed by atoms with Crippen LogP contribution in [0.1, 0.15) is 16.8 Å². The van der Waals surface area contributed by atoms with E-state index >= 15 is 0 Å². The number of carbonyl (C=O) groups is 2. The van der Waals surface area contributed by atoms with E-state index in [4.69, 9.17) is 12.2 Å². The Bertz CT molecular complexity index is 562. The van der Waals surface area contributed by atoms with Crippen LogP contribution in [0.15, 0.2) is 24.3 Å². The van der Waals surface area contributed by atoms with Crippen LogP contribution >= 0.6 is 0 Å². The quantitative estimate of drug-likeness (QED) is 0.447. The molecular weight excluding hydrogens is 250 g/mol. The van der Waals surface area contributed by atoms with E-state index in [9.17, 15) is 19.7 Å². The lowest BCUT2D eigenvalue weighted by Gasteiger charge is -2.12. The van der Waals surface area contributed by atoms with Gasteiger partial charge in [-0.05, 0) is 6.07 Å². The van der Waals surface area contributed by atoms with Crippen LogP contribution in [-0.2, 0) is 4.79 Å². The maximum Gasteiger partial charge on any atom is 0.270 e. The van der Waals surface area contributed by atoms with Gasteiger partial charge in [0.2, 0.25) is 5.91 Å². The summed E-state index contributed by atoms with van der Waals surface area (Å²) in [6.45, 7) is 0. The number of nitrogens with one attached hydrogen (secondary N) is 1. The topological polar surface area (TPSA) is 115 Å². The minimum absolute atomic E-state index is 0.0456. The van der Waals surface area contributed by atoms with Crippen molar-refractivity contribution in [1.82, 2.24) is 5.32 Å². The lowest BCUT2D eigenvalue weighted by Crippen LogP contribution is -2.44. The second-order valence-corrected chi connectivity index (χ2v) is 3.64. The highest BCUT2D eigenvalue weighted by molar-refractivity contribution is 5.97. The van der Waals surface area contributed by atoms with E-state index in [-0.39, 0.29) is 17.7 Å².